The van der Waals surface area contributed by atoms with E-state index >= 15 is 0 Å². The SMILES string of the molecule is C1=C\CC/C=C\CC/1.CC(C)[C@H]1COC(c2ccccc2[PH+](c2ccccc2)c2ccccc2C2=N[C@@H](C(C)C)CO2)=N1.O=S(=O)([O-])C(F)(F)F.[Rh]. The van der Waals surface area contributed by atoms with Crippen molar-refractivity contribution < 1.29 is 55.1 Å². The fraction of sp³-hybridized carbons (Fsp3) is 0.385. The number of hydrogen-bond donors (Lipinski definition) is 0. The molecule has 3 aliphatic rings. The molecule has 0 saturated heterocycles. The molecule has 283 valence electrons. The second kappa shape index (κ2) is 20.3. The fourth-order valence-corrected chi connectivity index (χ4v) is 8.33. The summed E-state index contributed by atoms with van der Waals surface area (Å²) in [6.45, 7) is 10.1. The van der Waals surface area contributed by atoms with Gasteiger partial charge in [-0.25, -0.2) is 18.4 Å². The molecule has 0 aromatic heterocycles. The molecule has 0 amide bonds. The van der Waals surface area contributed by atoms with E-state index in [1.807, 2.05) is 0 Å². The Morgan fingerprint density at radius 3 is 1.35 bits per heavy atom. The van der Waals surface area contributed by atoms with Crippen LogP contribution in [0.3, 0.4) is 0 Å². The van der Waals surface area contributed by atoms with E-state index in [9.17, 15) is 13.2 Å². The molecule has 52 heavy (non-hydrogen) atoms. The summed E-state index contributed by atoms with van der Waals surface area (Å²) in [6, 6.07) is 28.4. The molecular formula is C39H46F3N2O5PRhS. The van der Waals surface area contributed by atoms with E-state index in [1.54, 1.807) is 0 Å². The van der Waals surface area contributed by atoms with Crippen molar-refractivity contribution >= 4 is 45.7 Å². The summed E-state index contributed by atoms with van der Waals surface area (Å²) in [7, 11) is -7.50. The topological polar surface area (TPSA) is 100 Å². The minimum absolute atomic E-state index is 0. The molecule has 2 atom stereocenters. The third-order valence-corrected chi connectivity index (χ3v) is 11.8. The molecular weight excluding hydrogens is 799 g/mol. The molecule has 1 radical (unpaired) electrons. The van der Waals surface area contributed by atoms with Gasteiger partial charge >= 0.3 is 5.51 Å². The molecule has 2 heterocycles. The Balaban J connectivity index is 0.000000356. The first-order chi connectivity index (χ1) is 24.3. The number of ether oxygens (including phenoxy) is 2. The quantitative estimate of drug-likeness (QED) is 0.0807. The smallest absolute Gasteiger partial charge is 0.485 e. The van der Waals surface area contributed by atoms with Gasteiger partial charge in [-0.05, 0) is 73.9 Å². The van der Waals surface area contributed by atoms with Gasteiger partial charge < -0.3 is 14.0 Å². The van der Waals surface area contributed by atoms with Crippen LogP contribution >= 0.6 is 7.92 Å². The first-order valence-electron chi connectivity index (χ1n) is 17.1. The fourth-order valence-electron chi connectivity index (χ4n) is 5.45. The van der Waals surface area contributed by atoms with Gasteiger partial charge in [0.1, 0.15) is 37.0 Å². The Morgan fingerprint density at radius 1 is 0.673 bits per heavy atom. The van der Waals surface area contributed by atoms with Crippen molar-refractivity contribution in [1.82, 2.24) is 0 Å². The maximum atomic E-state index is 10.7. The largest absolute Gasteiger partial charge is 0.741 e. The van der Waals surface area contributed by atoms with E-state index in [2.05, 4.69) is 131 Å². The Kier molecular flexibility index (Phi) is 16.9. The molecule has 0 saturated carbocycles. The molecule has 0 bridgehead atoms. The zero-order chi connectivity index (χ0) is 37.0. The van der Waals surface area contributed by atoms with E-state index < -0.39 is 23.5 Å². The maximum Gasteiger partial charge on any atom is 0.485 e. The monoisotopic (exact) mass is 845 g/mol. The third-order valence-electron chi connectivity index (χ3n) is 8.42. The van der Waals surface area contributed by atoms with Crippen LogP contribution in [-0.4, -0.2) is 55.6 Å². The summed E-state index contributed by atoms with van der Waals surface area (Å²) >= 11 is 0. The van der Waals surface area contributed by atoms with Crippen LogP contribution in [0.15, 0.2) is 113 Å². The predicted octanol–water partition coefficient (Wildman–Crippen LogP) is 7.50. The molecule has 13 heteroatoms. The van der Waals surface area contributed by atoms with Gasteiger partial charge in [0.25, 0.3) is 0 Å². The van der Waals surface area contributed by atoms with Crippen LogP contribution in [0.2, 0.25) is 0 Å². The van der Waals surface area contributed by atoms with Gasteiger partial charge in [0, 0.05) is 19.5 Å². The molecule has 0 N–H and O–H groups in total. The van der Waals surface area contributed by atoms with Gasteiger partial charge in [0.15, 0.2) is 10.1 Å². The minimum atomic E-state index is -6.09. The zero-order valence-corrected chi connectivity index (χ0v) is 33.1. The van der Waals surface area contributed by atoms with E-state index in [4.69, 9.17) is 32.4 Å². The average molecular weight is 846 g/mol. The number of benzene rings is 3. The Bertz CT molecular complexity index is 1710. The second-order valence-electron chi connectivity index (χ2n) is 12.9. The molecule has 0 unspecified atom stereocenters. The Labute approximate surface area is 319 Å². The molecule has 2 aliphatic heterocycles. The Hall–Kier alpha value is -3.17. The van der Waals surface area contributed by atoms with E-state index in [0.29, 0.717) is 25.0 Å². The number of rotatable bonds is 7. The summed E-state index contributed by atoms with van der Waals surface area (Å²) in [5.41, 5.74) is -3.46. The molecule has 0 spiro atoms. The van der Waals surface area contributed by atoms with Crippen LogP contribution in [0.5, 0.6) is 0 Å². The first kappa shape index (κ1) is 43.2. The number of nitrogens with zero attached hydrogens (tertiary/aromatic N) is 2. The van der Waals surface area contributed by atoms with Crippen LogP contribution in [-0.2, 0) is 39.1 Å². The number of halogens is 3. The van der Waals surface area contributed by atoms with Crippen LogP contribution in [0.1, 0.15) is 64.5 Å². The summed E-state index contributed by atoms with van der Waals surface area (Å²) < 4.78 is 71.2. The van der Waals surface area contributed by atoms with Gasteiger partial charge in [-0.1, -0.05) is 94.5 Å². The third kappa shape index (κ3) is 12.2. The van der Waals surface area contributed by atoms with Gasteiger partial charge in [-0.2, -0.15) is 13.2 Å². The van der Waals surface area contributed by atoms with E-state index in [0.717, 1.165) is 22.9 Å². The molecule has 6 rings (SSSR count). The normalized spacial score (nSPS) is 19.7. The number of hydrogen-bond acceptors (Lipinski definition) is 7. The van der Waals surface area contributed by atoms with Crippen LogP contribution in [0.4, 0.5) is 13.2 Å². The van der Waals surface area contributed by atoms with E-state index in [1.165, 1.54) is 41.6 Å². The van der Waals surface area contributed by atoms with Gasteiger partial charge in [0.05, 0.1) is 23.2 Å². The molecule has 7 nitrogen and oxygen atoms in total. The van der Waals surface area contributed by atoms with Gasteiger partial charge in [0.2, 0.25) is 11.8 Å². The van der Waals surface area contributed by atoms with Crippen molar-refractivity contribution in [2.45, 2.75) is 71.0 Å². The predicted molar refractivity (Wildman–Crippen MR) is 201 cm³/mol. The standard InChI is InChI=1S/C30H33N2O2P.C8H12.CHF3O3S.Rh/c1-20(2)25-18-33-29(31-25)23-14-8-10-16-27(23)35(22-12-6-5-7-13-22)28-17-11-9-15-24(28)30-32-26(19-34-30)21(3)4;1-2-4-6-8-7-5-3-1;2-1(3,4)8(5,6)7;/h5-17,20-21,25-26H,18-19H2,1-4H3;1-2,7-8H,3-6H2;(H,5,6,7);/b;2-1-,8-7-;;/t25-,26-;;;/m1.../s1. The number of alkyl halides is 3. The van der Waals surface area contributed by atoms with Crippen molar-refractivity contribution in [3.63, 3.8) is 0 Å². The summed E-state index contributed by atoms with van der Waals surface area (Å²) in [5, 5.41) is 3.87. The van der Waals surface area contributed by atoms with Crippen molar-refractivity contribution in [1.29, 1.82) is 0 Å². The number of aliphatic imine (C=N–C) groups is 2. The van der Waals surface area contributed by atoms with Crippen molar-refractivity contribution in [3.8, 4) is 0 Å². The molecule has 0 fully saturated rings. The van der Waals surface area contributed by atoms with Crippen molar-refractivity contribution in [3.05, 3.63) is 114 Å². The summed E-state index contributed by atoms with van der Waals surface area (Å²) in [4.78, 5) is 9.96. The molecule has 1 aliphatic carbocycles. The second-order valence-corrected chi connectivity index (χ2v) is 16.7. The Morgan fingerprint density at radius 2 is 1.02 bits per heavy atom. The van der Waals surface area contributed by atoms with Crippen LogP contribution in [0.25, 0.3) is 0 Å². The van der Waals surface area contributed by atoms with E-state index in [-0.39, 0.29) is 31.6 Å². The maximum absolute atomic E-state index is 10.7. The summed E-state index contributed by atoms with van der Waals surface area (Å²) in [6.07, 6.45) is 14.0. The minimum Gasteiger partial charge on any atom is -0.741 e. The summed E-state index contributed by atoms with van der Waals surface area (Å²) in [5.74, 6) is 2.44. The molecule has 3 aromatic carbocycles. The average Bonchev–Trinajstić information content (AvgIpc) is 3.77. The van der Waals surface area contributed by atoms with Crippen molar-refractivity contribution in [2.24, 2.45) is 21.8 Å². The van der Waals surface area contributed by atoms with Gasteiger partial charge in [-0.15, -0.1) is 0 Å². The van der Waals surface area contributed by atoms with Crippen LogP contribution in [0, 0.1) is 11.8 Å². The molecule has 3 aromatic rings. The van der Waals surface area contributed by atoms with Crippen LogP contribution < -0.4 is 15.9 Å². The zero-order valence-electron chi connectivity index (χ0n) is 29.7. The van der Waals surface area contributed by atoms with Crippen molar-refractivity contribution in [2.75, 3.05) is 13.2 Å². The number of allylic oxidation sites excluding steroid dienone is 4. The first-order valence-corrected chi connectivity index (χ1v) is 20.0. The van der Waals surface area contributed by atoms with Gasteiger partial charge in [-0.3, -0.25) is 0 Å².